The van der Waals surface area contributed by atoms with Crippen LogP contribution in [0.1, 0.15) is 15.9 Å². The summed E-state index contributed by atoms with van der Waals surface area (Å²) in [5.41, 5.74) is 0.814. The van der Waals surface area contributed by atoms with Crippen LogP contribution < -0.4 is 14.2 Å². The number of para-hydroxylation sites is 1. The molecule has 0 saturated heterocycles. The van der Waals surface area contributed by atoms with Gasteiger partial charge in [0.15, 0.2) is 11.5 Å². The lowest BCUT2D eigenvalue weighted by molar-refractivity contribution is 0.0694. The number of hydrogen-bond donors (Lipinski definition) is 1. The maximum absolute atomic E-state index is 11.2. The van der Waals surface area contributed by atoms with Crippen LogP contribution in [0.15, 0.2) is 42.5 Å². The third-order valence-corrected chi connectivity index (χ3v) is 3.00. The van der Waals surface area contributed by atoms with Gasteiger partial charge in [0.2, 0.25) is 5.75 Å². The number of hydrogen-bond acceptors (Lipinski definition) is 4. The Morgan fingerprint density at radius 2 is 1.71 bits per heavy atom. The van der Waals surface area contributed by atoms with Gasteiger partial charge in [-0.05, 0) is 18.2 Å². The highest BCUT2D eigenvalue weighted by atomic mass is 16.5. The van der Waals surface area contributed by atoms with Crippen molar-refractivity contribution in [1.29, 1.82) is 0 Å². The number of aromatic carboxylic acids is 1. The number of rotatable bonds is 6. The molecule has 5 nitrogen and oxygen atoms in total. The van der Waals surface area contributed by atoms with Gasteiger partial charge in [-0.25, -0.2) is 4.79 Å². The molecule has 0 aliphatic heterocycles. The molecule has 5 heteroatoms. The van der Waals surface area contributed by atoms with E-state index >= 15 is 0 Å². The zero-order valence-electron chi connectivity index (χ0n) is 11.8. The summed E-state index contributed by atoms with van der Waals surface area (Å²) in [6.45, 7) is 0.131. The molecule has 0 spiro atoms. The highest BCUT2D eigenvalue weighted by molar-refractivity contribution is 5.89. The van der Waals surface area contributed by atoms with Crippen LogP contribution in [0.2, 0.25) is 0 Å². The van der Waals surface area contributed by atoms with E-state index in [1.807, 2.05) is 0 Å². The third kappa shape index (κ3) is 3.25. The van der Waals surface area contributed by atoms with Crippen LogP contribution in [0.3, 0.4) is 0 Å². The maximum Gasteiger partial charge on any atom is 0.336 e. The minimum absolute atomic E-state index is 0.131. The van der Waals surface area contributed by atoms with E-state index < -0.39 is 5.97 Å². The summed E-state index contributed by atoms with van der Waals surface area (Å²) in [4.78, 5) is 11.2. The van der Waals surface area contributed by atoms with Gasteiger partial charge < -0.3 is 19.3 Å². The van der Waals surface area contributed by atoms with Crippen molar-refractivity contribution in [2.75, 3.05) is 14.2 Å². The molecule has 0 bridgehead atoms. The topological polar surface area (TPSA) is 65.0 Å². The lowest BCUT2D eigenvalue weighted by atomic mass is 10.1. The molecule has 2 rings (SSSR count). The van der Waals surface area contributed by atoms with E-state index in [2.05, 4.69) is 0 Å². The van der Waals surface area contributed by atoms with E-state index in [0.717, 1.165) is 0 Å². The Balaban J connectivity index is 2.23. The van der Waals surface area contributed by atoms with Gasteiger partial charge >= 0.3 is 5.97 Å². The fourth-order valence-corrected chi connectivity index (χ4v) is 1.98. The molecular formula is C16H16O5. The number of carbonyl (C=O) groups is 1. The minimum atomic E-state index is -0.980. The fraction of sp³-hybridized carbons (Fsp3) is 0.188. The van der Waals surface area contributed by atoms with Crippen LogP contribution >= 0.6 is 0 Å². The first-order valence-corrected chi connectivity index (χ1v) is 6.32. The molecule has 1 N–H and O–H groups in total. The van der Waals surface area contributed by atoms with Crippen molar-refractivity contribution in [2.45, 2.75) is 6.61 Å². The smallest absolute Gasteiger partial charge is 0.336 e. The van der Waals surface area contributed by atoms with Gasteiger partial charge in [0, 0.05) is 5.56 Å². The van der Waals surface area contributed by atoms with Crippen LogP contribution in [0, 0.1) is 0 Å². The van der Waals surface area contributed by atoms with Crippen molar-refractivity contribution in [3.63, 3.8) is 0 Å². The Kier molecular flexibility index (Phi) is 4.66. The average Bonchev–Trinajstić information content (AvgIpc) is 2.52. The summed E-state index contributed by atoms with van der Waals surface area (Å²) in [7, 11) is 3.07. The summed E-state index contributed by atoms with van der Waals surface area (Å²) in [5.74, 6) is 0.554. The zero-order chi connectivity index (χ0) is 15.2. The van der Waals surface area contributed by atoms with E-state index in [9.17, 15) is 4.79 Å². The molecule has 0 amide bonds. The van der Waals surface area contributed by atoms with Gasteiger partial charge in [-0.3, -0.25) is 0 Å². The molecule has 0 unspecified atom stereocenters. The highest BCUT2D eigenvalue weighted by Gasteiger charge is 2.13. The molecule has 2 aromatic carbocycles. The molecule has 21 heavy (non-hydrogen) atoms. The second-order valence-corrected chi connectivity index (χ2v) is 4.24. The van der Waals surface area contributed by atoms with Gasteiger partial charge in [-0.1, -0.05) is 24.3 Å². The number of ether oxygens (including phenoxy) is 3. The molecule has 0 atom stereocenters. The molecule has 0 aliphatic rings. The maximum atomic E-state index is 11.2. The van der Waals surface area contributed by atoms with Crippen LogP contribution in [-0.2, 0) is 6.61 Å². The molecule has 0 radical (unpaired) electrons. The summed E-state index contributed by atoms with van der Waals surface area (Å²) in [6, 6.07) is 12.0. The normalized spacial score (nSPS) is 10.0. The third-order valence-electron chi connectivity index (χ3n) is 3.00. The summed E-state index contributed by atoms with van der Waals surface area (Å²) in [6.07, 6.45) is 0. The predicted molar refractivity (Wildman–Crippen MR) is 77.3 cm³/mol. The number of carboxylic acids is 1. The predicted octanol–water partition coefficient (Wildman–Crippen LogP) is 2.98. The lowest BCUT2D eigenvalue weighted by Crippen LogP contribution is -2.06. The second-order valence-electron chi connectivity index (χ2n) is 4.24. The first-order valence-electron chi connectivity index (χ1n) is 6.32. The van der Waals surface area contributed by atoms with E-state index in [-0.39, 0.29) is 12.2 Å². The fourth-order valence-electron chi connectivity index (χ4n) is 1.98. The van der Waals surface area contributed by atoms with Crippen molar-refractivity contribution in [3.8, 4) is 17.2 Å². The van der Waals surface area contributed by atoms with E-state index in [4.69, 9.17) is 19.3 Å². The van der Waals surface area contributed by atoms with Crippen molar-refractivity contribution in [2.24, 2.45) is 0 Å². The lowest BCUT2D eigenvalue weighted by Gasteiger charge is -2.14. The minimum Gasteiger partial charge on any atom is -0.493 e. The standard InChI is InChI=1S/C16H16O5/c1-19-13-8-5-9-14(15(13)20-2)21-10-11-6-3-4-7-12(11)16(17)18/h3-9H,10H2,1-2H3,(H,17,18). The van der Waals surface area contributed by atoms with Crippen molar-refractivity contribution in [3.05, 3.63) is 53.6 Å². The molecule has 0 heterocycles. The van der Waals surface area contributed by atoms with Gasteiger partial charge in [0.05, 0.1) is 19.8 Å². The molecule has 0 aromatic heterocycles. The number of methoxy groups -OCH3 is 2. The first-order chi connectivity index (χ1) is 10.2. The van der Waals surface area contributed by atoms with Crippen molar-refractivity contribution >= 4 is 5.97 Å². The molecule has 110 valence electrons. The Labute approximate surface area is 122 Å². The summed E-state index contributed by atoms with van der Waals surface area (Å²) < 4.78 is 16.1. The Bertz CT molecular complexity index is 636. The van der Waals surface area contributed by atoms with Gasteiger partial charge in [0.25, 0.3) is 0 Å². The summed E-state index contributed by atoms with van der Waals surface area (Å²) in [5, 5.41) is 9.15. The van der Waals surface area contributed by atoms with Crippen molar-refractivity contribution in [1.82, 2.24) is 0 Å². The average molecular weight is 288 g/mol. The van der Waals surface area contributed by atoms with E-state index in [0.29, 0.717) is 22.8 Å². The number of carboxylic acid groups (broad SMARTS) is 1. The molecule has 2 aromatic rings. The Morgan fingerprint density at radius 1 is 1.00 bits per heavy atom. The molecule has 0 fully saturated rings. The van der Waals surface area contributed by atoms with Gasteiger partial charge in [0.1, 0.15) is 6.61 Å². The van der Waals surface area contributed by atoms with Crippen LogP contribution in [-0.4, -0.2) is 25.3 Å². The number of benzene rings is 2. The first kappa shape index (κ1) is 14.7. The quantitative estimate of drug-likeness (QED) is 0.885. The SMILES string of the molecule is COc1cccc(OCc2ccccc2C(=O)O)c1OC. The molecular weight excluding hydrogens is 272 g/mol. The van der Waals surface area contributed by atoms with E-state index in [1.54, 1.807) is 49.6 Å². The highest BCUT2D eigenvalue weighted by Crippen LogP contribution is 2.37. The monoisotopic (exact) mass is 288 g/mol. The Morgan fingerprint density at radius 3 is 2.38 bits per heavy atom. The van der Waals surface area contributed by atoms with Crippen LogP contribution in [0.25, 0.3) is 0 Å². The van der Waals surface area contributed by atoms with Crippen LogP contribution in [0.4, 0.5) is 0 Å². The van der Waals surface area contributed by atoms with E-state index in [1.165, 1.54) is 7.11 Å². The van der Waals surface area contributed by atoms with Crippen LogP contribution in [0.5, 0.6) is 17.2 Å². The zero-order valence-corrected chi connectivity index (χ0v) is 11.8. The largest absolute Gasteiger partial charge is 0.493 e. The molecule has 0 aliphatic carbocycles. The summed E-state index contributed by atoms with van der Waals surface area (Å²) >= 11 is 0. The second kappa shape index (κ2) is 6.65. The molecule has 0 saturated carbocycles. The van der Waals surface area contributed by atoms with Gasteiger partial charge in [-0.2, -0.15) is 0 Å². The van der Waals surface area contributed by atoms with Crippen molar-refractivity contribution < 1.29 is 24.1 Å². The Hall–Kier alpha value is -2.69. The van der Waals surface area contributed by atoms with Gasteiger partial charge in [-0.15, -0.1) is 0 Å².